The normalized spacial score (nSPS) is 16.9. The van der Waals surface area contributed by atoms with Gasteiger partial charge in [0.25, 0.3) is 0 Å². The van der Waals surface area contributed by atoms with Gasteiger partial charge in [0.2, 0.25) is 0 Å². The molecule has 2 heterocycles. The first kappa shape index (κ1) is 16.4. The summed E-state index contributed by atoms with van der Waals surface area (Å²) in [5, 5.41) is 2.93. The lowest BCUT2D eigenvalue weighted by molar-refractivity contribution is 0.146. The number of nitrogens with one attached hydrogen (secondary N) is 2. The molecule has 1 aliphatic rings. The summed E-state index contributed by atoms with van der Waals surface area (Å²) in [7, 11) is 1.64. The average molecular weight is 352 g/mol. The van der Waals surface area contributed by atoms with E-state index in [0.717, 1.165) is 28.0 Å². The number of rotatable bonds is 6. The topological polar surface area (TPSA) is 79.5 Å². The molecule has 0 spiro atoms. The lowest BCUT2D eigenvalue weighted by Crippen LogP contribution is -2.29. The van der Waals surface area contributed by atoms with Crippen LogP contribution in [0.1, 0.15) is 11.6 Å². The summed E-state index contributed by atoms with van der Waals surface area (Å²) < 4.78 is 10.6. The van der Waals surface area contributed by atoms with Crippen LogP contribution in [0.25, 0.3) is 11.0 Å². The molecule has 2 N–H and O–H groups in total. The van der Waals surface area contributed by atoms with Gasteiger partial charge in [-0.3, -0.25) is 4.90 Å². The first-order valence-corrected chi connectivity index (χ1v) is 8.48. The van der Waals surface area contributed by atoms with Gasteiger partial charge in [-0.2, -0.15) is 0 Å². The zero-order valence-electron chi connectivity index (χ0n) is 14.4. The number of H-pyrrole nitrogens is 1. The second-order valence-electron chi connectivity index (χ2n) is 6.09. The first-order chi connectivity index (χ1) is 12.8. The third-order valence-electron chi connectivity index (χ3n) is 4.48. The molecule has 1 fully saturated rings. The predicted molar refractivity (Wildman–Crippen MR) is 98.5 cm³/mol. The number of urea groups is 1. The molecule has 0 saturated carbocycles. The van der Waals surface area contributed by atoms with Gasteiger partial charge in [-0.25, -0.2) is 9.78 Å². The van der Waals surface area contributed by atoms with Crippen molar-refractivity contribution in [1.29, 1.82) is 0 Å². The van der Waals surface area contributed by atoms with E-state index in [0.29, 0.717) is 19.8 Å². The van der Waals surface area contributed by atoms with E-state index >= 15 is 0 Å². The number of aromatic amines is 1. The second kappa shape index (κ2) is 7.05. The molecular weight excluding hydrogens is 332 g/mol. The van der Waals surface area contributed by atoms with Crippen LogP contribution in [-0.2, 0) is 4.74 Å². The zero-order valence-corrected chi connectivity index (χ0v) is 14.4. The highest BCUT2D eigenvalue weighted by Crippen LogP contribution is 2.32. The smallest absolute Gasteiger partial charge is 0.322 e. The molecule has 1 atom stereocenters. The van der Waals surface area contributed by atoms with Crippen molar-refractivity contribution in [3.8, 4) is 5.75 Å². The summed E-state index contributed by atoms with van der Waals surface area (Å²) in [4.78, 5) is 21.5. The minimum absolute atomic E-state index is 0.0732. The standard InChI is InChI=1S/C19H20N4O3/c1-25-8-9-26-15-5-2-13(3-6-15)18-11-20-19(24)23(18)14-4-7-16-17(10-14)22-12-21-16/h2-7,10,12,18H,8-9,11H2,1H3,(H,20,24)(H,21,22). The third kappa shape index (κ3) is 3.09. The fraction of sp³-hybridized carbons (Fsp3) is 0.263. The van der Waals surface area contributed by atoms with Crippen molar-refractivity contribution in [2.24, 2.45) is 0 Å². The quantitative estimate of drug-likeness (QED) is 0.669. The number of amides is 2. The number of carbonyl (C=O) groups excluding carboxylic acids is 1. The lowest BCUT2D eigenvalue weighted by atomic mass is 10.1. The number of methoxy groups -OCH3 is 1. The molecule has 26 heavy (non-hydrogen) atoms. The van der Waals surface area contributed by atoms with Gasteiger partial charge in [0, 0.05) is 19.3 Å². The Labute approximate surface area is 150 Å². The summed E-state index contributed by atoms with van der Waals surface area (Å²) >= 11 is 0. The average Bonchev–Trinajstić information content (AvgIpc) is 3.28. The van der Waals surface area contributed by atoms with E-state index < -0.39 is 0 Å². The fourth-order valence-electron chi connectivity index (χ4n) is 3.17. The van der Waals surface area contributed by atoms with E-state index in [-0.39, 0.29) is 12.1 Å². The van der Waals surface area contributed by atoms with E-state index in [4.69, 9.17) is 9.47 Å². The van der Waals surface area contributed by atoms with Crippen molar-refractivity contribution in [1.82, 2.24) is 15.3 Å². The van der Waals surface area contributed by atoms with Crippen LogP contribution in [0.15, 0.2) is 48.8 Å². The van der Waals surface area contributed by atoms with Crippen molar-refractivity contribution < 1.29 is 14.3 Å². The maximum Gasteiger partial charge on any atom is 0.322 e. The number of imidazole rings is 1. The number of fused-ring (bicyclic) bond motifs is 1. The number of benzene rings is 2. The molecule has 7 nitrogen and oxygen atoms in total. The molecule has 0 radical (unpaired) electrons. The van der Waals surface area contributed by atoms with E-state index in [1.165, 1.54) is 0 Å². The van der Waals surface area contributed by atoms with Crippen molar-refractivity contribution in [2.75, 3.05) is 31.8 Å². The fourth-order valence-corrected chi connectivity index (χ4v) is 3.17. The van der Waals surface area contributed by atoms with Crippen LogP contribution in [0.5, 0.6) is 5.75 Å². The van der Waals surface area contributed by atoms with Crippen LogP contribution < -0.4 is 15.0 Å². The van der Waals surface area contributed by atoms with E-state index in [1.807, 2.05) is 42.5 Å². The summed E-state index contributed by atoms with van der Waals surface area (Å²) in [6.07, 6.45) is 1.65. The maximum atomic E-state index is 12.4. The van der Waals surface area contributed by atoms with Gasteiger partial charge in [0.15, 0.2) is 0 Å². The monoisotopic (exact) mass is 352 g/mol. The molecule has 2 aromatic carbocycles. The molecule has 3 aromatic rings. The van der Waals surface area contributed by atoms with Crippen LogP contribution in [0.2, 0.25) is 0 Å². The number of hydrogen-bond acceptors (Lipinski definition) is 4. The minimum atomic E-state index is -0.103. The summed E-state index contributed by atoms with van der Waals surface area (Å²) in [6.45, 7) is 1.62. The molecule has 2 amide bonds. The highest BCUT2D eigenvalue weighted by Gasteiger charge is 2.33. The zero-order chi connectivity index (χ0) is 17.9. The lowest BCUT2D eigenvalue weighted by Gasteiger charge is -2.23. The van der Waals surface area contributed by atoms with Crippen LogP contribution in [0.3, 0.4) is 0 Å². The Hall–Kier alpha value is -3.06. The van der Waals surface area contributed by atoms with Crippen molar-refractivity contribution in [2.45, 2.75) is 6.04 Å². The third-order valence-corrected chi connectivity index (χ3v) is 4.48. The van der Waals surface area contributed by atoms with Crippen LogP contribution in [0, 0.1) is 0 Å². The molecule has 0 aliphatic carbocycles. The number of anilines is 1. The first-order valence-electron chi connectivity index (χ1n) is 8.48. The number of ether oxygens (including phenoxy) is 2. The Morgan fingerprint density at radius 1 is 1.19 bits per heavy atom. The Kier molecular flexibility index (Phi) is 4.45. The van der Waals surface area contributed by atoms with Gasteiger partial charge in [-0.05, 0) is 35.9 Å². The molecule has 0 bridgehead atoms. The summed E-state index contributed by atoms with van der Waals surface area (Å²) in [6, 6.07) is 13.4. The van der Waals surface area contributed by atoms with Gasteiger partial charge in [-0.15, -0.1) is 0 Å². The second-order valence-corrected chi connectivity index (χ2v) is 6.09. The summed E-state index contributed by atoms with van der Waals surface area (Å²) in [5.74, 6) is 0.786. The highest BCUT2D eigenvalue weighted by molar-refractivity contribution is 5.97. The maximum absolute atomic E-state index is 12.4. The van der Waals surface area contributed by atoms with Crippen molar-refractivity contribution in [3.63, 3.8) is 0 Å². The van der Waals surface area contributed by atoms with Gasteiger partial charge in [0.1, 0.15) is 12.4 Å². The summed E-state index contributed by atoms with van der Waals surface area (Å²) in [5.41, 5.74) is 3.67. The molecule has 1 unspecified atom stereocenters. The Balaban J connectivity index is 1.57. The van der Waals surface area contributed by atoms with Crippen LogP contribution >= 0.6 is 0 Å². The van der Waals surface area contributed by atoms with Crippen molar-refractivity contribution >= 4 is 22.8 Å². The van der Waals surface area contributed by atoms with Gasteiger partial charge in [0.05, 0.1) is 30.0 Å². The SMILES string of the molecule is COCCOc1ccc(C2CNC(=O)N2c2ccc3nc[nH]c3c2)cc1. The van der Waals surface area contributed by atoms with Gasteiger partial charge < -0.3 is 19.8 Å². The number of carbonyl (C=O) groups is 1. The Morgan fingerprint density at radius 2 is 2.04 bits per heavy atom. The largest absolute Gasteiger partial charge is 0.491 e. The Morgan fingerprint density at radius 3 is 2.85 bits per heavy atom. The molecule has 134 valence electrons. The predicted octanol–water partition coefficient (Wildman–Crippen LogP) is 2.86. The van der Waals surface area contributed by atoms with E-state index in [1.54, 1.807) is 18.3 Å². The molecule has 7 heteroatoms. The number of nitrogens with zero attached hydrogens (tertiary/aromatic N) is 2. The Bertz CT molecular complexity index is 907. The molecule has 4 rings (SSSR count). The molecule has 1 aliphatic heterocycles. The minimum Gasteiger partial charge on any atom is -0.491 e. The van der Waals surface area contributed by atoms with Gasteiger partial charge >= 0.3 is 6.03 Å². The molecular formula is C19H20N4O3. The number of hydrogen-bond donors (Lipinski definition) is 2. The van der Waals surface area contributed by atoms with E-state index in [9.17, 15) is 4.79 Å². The number of aromatic nitrogens is 2. The van der Waals surface area contributed by atoms with Gasteiger partial charge in [-0.1, -0.05) is 12.1 Å². The van der Waals surface area contributed by atoms with Crippen molar-refractivity contribution in [3.05, 3.63) is 54.4 Å². The van der Waals surface area contributed by atoms with Crippen LogP contribution in [-0.4, -0.2) is 42.9 Å². The molecule has 1 saturated heterocycles. The van der Waals surface area contributed by atoms with E-state index in [2.05, 4.69) is 15.3 Å². The van der Waals surface area contributed by atoms with Crippen LogP contribution in [0.4, 0.5) is 10.5 Å². The highest BCUT2D eigenvalue weighted by atomic mass is 16.5. The molecule has 1 aromatic heterocycles.